The topological polar surface area (TPSA) is 84.6 Å². The fourth-order valence-electron chi connectivity index (χ4n) is 2.46. The van der Waals surface area contributed by atoms with E-state index in [4.69, 9.17) is 14.3 Å². The van der Waals surface area contributed by atoms with Crippen molar-refractivity contribution < 1.29 is 19.1 Å². The first-order valence-electron chi connectivity index (χ1n) is 8.38. The quantitative estimate of drug-likeness (QED) is 0.535. The highest BCUT2D eigenvalue weighted by Crippen LogP contribution is 2.31. The van der Waals surface area contributed by atoms with Crippen molar-refractivity contribution in [3.05, 3.63) is 59.9 Å². The van der Waals surface area contributed by atoms with E-state index in [0.717, 1.165) is 5.56 Å². The molecule has 2 aromatic carbocycles. The second kappa shape index (κ2) is 8.18. The minimum atomic E-state index is -1.00. The summed E-state index contributed by atoms with van der Waals surface area (Å²) < 4.78 is 13.9. The molecule has 0 radical (unpaired) electrons. The summed E-state index contributed by atoms with van der Waals surface area (Å²) in [5.41, 5.74) is 2.99. The van der Waals surface area contributed by atoms with Crippen LogP contribution in [0.3, 0.4) is 0 Å². The SMILES string of the molecule is COc1cc(C(=O)O)ccc1NSc1coc(-c2ccc(C(C)C)cc2)n1. The van der Waals surface area contributed by atoms with Crippen molar-refractivity contribution >= 4 is 23.6 Å². The minimum absolute atomic E-state index is 0.163. The van der Waals surface area contributed by atoms with Crippen LogP contribution in [0.4, 0.5) is 5.69 Å². The molecule has 27 heavy (non-hydrogen) atoms. The Kier molecular flexibility index (Phi) is 5.71. The summed E-state index contributed by atoms with van der Waals surface area (Å²) >= 11 is 1.26. The Morgan fingerprint density at radius 1 is 1.22 bits per heavy atom. The van der Waals surface area contributed by atoms with Crippen molar-refractivity contribution in [2.45, 2.75) is 24.8 Å². The van der Waals surface area contributed by atoms with Gasteiger partial charge in [-0.1, -0.05) is 26.0 Å². The summed E-state index contributed by atoms with van der Waals surface area (Å²) in [7, 11) is 1.49. The molecule has 3 rings (SSSR count). The summed E-state index contributed by atoms with van der Waals surface area (Å²) in [6.45, 7) is 4.30. The summed E-state index contributed by atoms with van der Waals surface area (Å²) in [6.07, 6.45) is 1.57. The number of oxazole rings is 1. The maximum Gasteiger partial charge on any atom is 0.335 e. The molecule has 0 bridgehead atoms. The summed E-state index contributed by atoms with van der Waals surface area (Å²) in [6, 6.07) is 12.8. The number of nitrogens with one attached hydrogen (secondary N) is 1. The normalized spacial score (nSPS) is 10.8. The number of nitrogens with zero attached hydrogens (tertiary/aromatic N) is 1. The van der Waals surface area contributed by atoms with Crippen molar-refractivity contribution in [2.24, 2.45) is 0 Å². The van der Waals surface area contributed by atoms with Crippen LogP contribution in [-0.2, 0) is 0 Å². The van der Waals surface area contributed by atoms with Gasteiger partial charge in [-0.3, -0.25) is 0 Å². The van der Waals surface area contributed by atoms with Crippen LogP contribution in [0.2, 0.25) is 0 Å². The zero-order valence-corrected chi connectivity index (χ0v) is 16.0. The van der Waals surface area contributed by atoms with Crippen LogP contribution in [0, 0.1) is 0 Å². The molecule has 0 unspecified atom stereocenters. The number of methoxy groups -OCH3 is 1. The molecule has 2 N–H and O–H groups in total. The van der Waals surface area contributed by atoms with Crippen LogP contribution in [-0.4, -0.2) is 23.2 Å². The Morgan fingerprint density at radius 2 is 1.96 bits per heavy atom. The zero-order valence-electron chi connectivity index (χ0n) is 15.2. The average Bonchev–Trinajstić information content (AvgIpc) is 3.15. The third-order valence-electron chi connectivity index (χ3n) is 4.02. The van der Waals surface area contributed by atoms with Gasteiger partial charge < -0.3 is 19.0 Å². The van der Waals surface area contributed by atoms with Crippen LogP contribution in [0.5, 0.6) is 5.75 Å². The van der Waals surface area contributed by atoms with Gasteiger partial charge in [-0.05, 0) is 41.8 Å². The molecule has 0 amide bonds. The molecule has 0 saturated carbocycles. The number of benzene rings is 2. The van der Waals surface area contributed by atoms with Gasteiger partial charge in [0.05, 0.1) is 18.4 Å². The van der Waals surface area contributed by atoms with Gasteiger partial charge in [-0.15, -0.1) is 0 Å². The average molecular weight is 384 g/mol. The molecule has 0 atom stereocenters. The first-order valence-corrected chi connectivity index (χ1v) is 9.19. The van der Waals surface area contributed by atoms with Crippen molar-refractivity contribution in [1.29, 1.82) is 0 Å². The predicted molar refractivity (Wildman–Crippen MR) is 105 cm³/mol. The molecular weight excluding hydrogens is 364 g/mol. The third kappa shape index (κ3) is 4.43. The largest absolute Gasteiger partial charge is 0.495 e. The Balaban J connectivity index is 1.70. The lowest BCUT2D eigenvalue weighted by Gasteiger charge is -2.09. The molecule has 0 aliphatic heterocycles. The minimum Gasteiger partial charge on any atom is -0.495 e. The fraction of sp³-hybridized carbons (Fsp3) is 0.200. The number of rotatable bonds is 7. The molecule has 0 saturated heterocycles. The van der Waals surface area contributed by atoms with Gasteiger partial charge in [0.25, 0.3) is 0 Å². The molecule has 0 aliphatic rings. The highest BCUT2D eigenvalue weighted by atomic mass is 32.2. The highest BCUT2D eigenvalue weighted by Gasteiger charge is 2.12. The van der Waals surface area contributed by atoms with Crippen molar-refractivity contribution in [2.75, 3.05) is 11.8 Å². The Hall–Kier alpha value is -2.93. The van der Waals surface area contributed by atoms with Crippen molar-refractivity contribution in [3.8, 4) is 17.2 Å². The van der Waals surface area contributed by atoms with E-state index < -0.39 is 5.97 Å². The fourth-order valence-corrected chi connectivity index (χ4v) is 3.07. The van der Waals surface area contributed by atoms with E-state index in [9.17, 15) is 4.79 Å². The monoisotopic (exact) mass is 384 g/mol. The standard InChI is InChI=1S/C20H20N2O4S/c1-12(2)13-4-6-14(7-5-13)19-21-18(11-26-19)27-22-16-9-8-15(20(23)24)10-17(16)25-3/h4-12,22H,1-3H3,(H,23,24). The molecule has 1 heterocycles. The molecule has 6 nitrogen and oxygen atoms in total. The number of carboxylic acids is 1. The predicted octanol–water partition coefficient (Wildman–Crippen LogP) is 5.29. The lowest BCUT2D eigenvalue weighted by atomic mass is 10.0. The molecule has 0 spiro atoms. The molecule has 0 fully saturated rings. The second-order valence-electron chi connectivity index (χ2n) is 6.19. The highest BCUT2D eigenvalue weighted by molar-refractivity contribution is 8.00. The summed E-state index contributed by atoms with van der Waals surface area (Å²) in [4.78, 5) is 15.5. The number of carboxylic acid groups (broad SMARTS) is 1. The van der Waals surface area contributed by atoms with Crippen LogP contribution >= 0.6 is 11.9 Å². The van der Waals surface area contributed by atoms with Crippen LogP contribution in [0.1, 0.15) is 35.7 Å². The number of ether oxygens (including phenoxy) is 1. The van der Waals surface area contributed by atoms with E-state index >= 15 is 0 Å². The van der Waals surface area contributed by atoms with Gasteiger partial charge >= 0.3 is 5.97 Å². The lowest BCUT2D eigenvalue weighted by Crippen LogP contribution is -1.99. The van der Waals surface area contributed by atoms with E-state index in [1.54, 1.807) is 12.3 Å². The van der Waals surface area contributed by atoms with Crippen molar-refractivity contribution in [3.63, 3.8) is 0 Å². The van der Waals surface area contributed by atoms with E-state index in [0.29, 0.717) is 28.3 Å². The maximum absolute atomic E-state index is 11.1. The number of aromatic nitrogens is 1. The Labute approximate surface area is 161 Å². The number of hydrogen-bond donors (Lipinski definition) is 2. The van der Waals surface area contributed by atoms with Crippen LogP contribution in [0.15, 0.2) is 58.2 Å². The number of anilines is 1. The zero-order chi connectivity index (χ0) is 19.4. The van der Waals surface area contributed by atoms with Crippen molar-refractivity contribution in [1.82, 2.24) is 4.98 Å². The number of carbonyl (C=O) groups is 1. The maximum atomic E-state index is 11.1. The van der Waals surface area contributed by atoms with E-state index in [-0.39, 0.29) is 5.56 Å². The second-order valence-corrected chi connectivity index (χ2v) is 7.02. The molecule has 7 heteroatoms. The molecule has 140 valence electrons. The first kappa shape index (κ1) is 18.8. The van der Waals surface area contributed by atoms with Crippen LogP contribution in [0.25, 0.3) is 11.5 Å². The number of hydrogen-bond acceptors (Lipinski definition) is 6. The summed E-state index contributed by atoms with van der Waals surface area (Å²) in [5, 5.41) is 9.71. The number of aromatic carboxylic acids is 1. The molecule has 3 aromatic rings. The first-order chi connectivity index (χ1) is 13.0. The van der Waals surface area contributed by atoms with Gasteiger partial charge in [-0.2, -0.15) is 0 Å². The van der Waals surface area contributed by atoms with Gasteiger partial charge in [-0.25, -0.2) is 9.78 Å². The van der Waals surface area contributed by atoms with E-state index in [1.165, 1.54) is 36.8 Å². The third-order valence-corrected chi connectivity index (χ3v) is 4.74. The molecular formula is C20H20N2O4S. The smallest absolute Gasteiger partial charge is 0.335 e. The molecule has 1 aromatic heterocycles. The van der Waals surface area contributed by atoms with Gasteiger partial charge in [0.2, 0.25) is 5.89 Å². The van der Waals surface area contributed by atoms with Gasteiger partial charge in [0.1, 0.15) is 12.0 Å². The van der Waals surface area contributed by atoms with E-state index in [1.807, 2.05) is 12.1 Å². The Morgan fingerprint density at radius 3 is 2.59 bits per heavy atom. The van der Waals surface area contributed by atoms with Gasteiger partial charge in [0, 0.05) is 17.5 Å². The van der Waals surface area contributed by atoms with Gasteiger partial charge in [0.15, 0.2) is 5.03 Å². The lowest BCUT2D eigenvalue weighted by molar-refractivity contribution is 0.0696. The Bertz CT molecular complexity index is 935. The summed E-state index contributed by atoms with van der Waals surface area (Å²) in [5.74, 6) is 0.455. The molecule has 0 aliphatic carbocycles. The van der Waals surface area contributed by atoms with Crippen LogP contribution < -0.4 is 9.46 Å². The van der Waals surface area contributed by atoms with E-state index in [2.05, 4.69) is 35.7 Å².